The first-order valence-electron chi connectivity index (χ1n) is 12.3. The molecule has 168 valence electrons. The first-order valence-corrected chi connectivity index (χ1v) is 12.3. The number of carbonyl (C=O) groups is 2. The van der Waals surface area contributed by atoms with E-state index < -0.39 is 0 Å². The lowest BCUT2D eigenvalue weighted by Gasteiger charge is -2.55. The standard InChI is InChI=1S/C26H37N3O2/c1-19-3-2-4-20(11-19)18-28-7-9-29(10-8-28)24(30)5-6-27-25(31)26-15-21-12-22(16-26)14-23(13-21)17-26/h2-4,11,21-23H,5-10,12-18H2,1H3,(H,27,31). The molecule has 4 saturated carbocycles. The number of piperazine rings is 1. The van der Waals surface area contributed by atoms with Crippen LogP contribution in [0, 0.1) is 30.1 Å². The van der Waals surface area contributed by atoms with Crippen LogP contribution in [0.1, 0.15) is 56.1 Å². The van der Waals surface area contributed by atoms with E-state index in [4.69, 9.17) is 0 Å². The monoisotopic (exact) mass is 423 g/mol. The number of amides is 2. The highest BCUT2D eigenvalue weighted by atomic mass is 16.2. The SMILES string of the molecule is Cc1cccc(CN2CCN(C(=O)CCNC(=O)C34CC5CC(CC(C5)C3)C4)CC2)c1. The van der Waals surface area contributed by atoms with Crippen LogP contribution in [0.5, 0.6) is 0 Å². The quantitative estimate of drug-likeness (QED) is 0.763. The van der Waals surface area contributed by atoms with Crippen molar-refractivity contribution in [2.75, 3.05) is 32.7 Å². The summed E-state index contributed by atoms with van der Waals surface area (Å²) in [5.74, 6) is 2.74. The molecule has 0 spiro atoms. The molecule has 1 saturated heterocycles. The van der Waals surface area contributed by atoms with Gasteiger partial charge in [-0.3, -0.25) is 14.5 Å². The fourth-order valence-corrected chi connectivity index (χ4v) is 7.24. The molecule has 5 heteroatoms. The van der Waals surface area contributed by atoms with Gasteiger partial charge in [-0.15, -0.1) is 0 Å². The number of carbonyl (C=O) groups excluding carboxylic acids is 2. The molecule has 1 aromatic carbocycles. The molecule has 0 aromatic heterocycles. The van der Waals surface area contributed by atoms with Crippen LogP contribution in [0.4, 0.5) is 0 Å². The van der Waals surface area contributed by atoms with Crippen molar-refractivity contribution < 1.29 is 9.59 Å². The molecule has 1 aromatic rings. The molecule has 4 aliphatic carbocycles. The summed E-state index contributed by atoms with van der Waals surface area (Å²) in [5, 5.41) is 3.16. The molecular weight excluding hydrogens is 386 g/mol. The van der Waals surface area contributed by atoms with Gasteiger partial charge in [0.05, 0.1) is 0 Å². The summed E-state index contributed by atoms with van der Waals surface area (Å²) in [6.07, 6.45) is 7.73. The molecule has 5 nitrogen and oxygen atoms in total. The summed E-state index contributed by atoms with van der Waals surface area (Å²) < 4.78 is 0. The molecule has 0 radical (unpaired) electrons. The van der Waals surface area contributed by atoms with Crippen LogP contribution in [-0.2, 0) is 16.1 Å². The van der Waals surface area contributed by atoms with Gasteiger partial charge in [0.1, 0.15) is 0 Å². The average Bonchev–Trinajstić information content (AvgIpc) is 2.73. The fourth-order valence-electron chi connectivity index (χ4n) is 7.24. The third kappa shape index (κ3) is 4.52. The molecule has 5 aliphatic rings. The highest BCUT2D eigenvalue weighted by Gasteiger charge is 2.54. The third-order valence-corrected chi connectivity index (χ3v) is 8.36. The molecule has 5 fully saturated rings. The van der Waals surface area contributed by atoms with E-state index in [1.54, 1.807) is 0 Å². The zero-order valence-corrected chi connectivity index (χ0v) is 18.9. The number of rotatable bonds is 6. The Labute approximate surface area is 186 Å². The van der Waals surface area contributed by atoms with Gasteiger partial charge in [-0.2, -0.15) is 0 Å². The number of aryl methyl sites for hydroxylation is 1. The zero-order valence-electron chi connectivity index (χ0n) is 18.9. The van der Waals surface area contributed by atoms with Gasteiger partial charge < -0.3 is 10.2 Å². The fraction of sp³-hybridized carbons (Fsp3) is 0.692. The van der Waals surface area contributed by atoms with Crippen LogP contribution in [0.15, 0.2) is 24.3 Å². The predicted molar refractivity (Wildman–Crippen MR) is 121 cm³/mol. The van der Waals surface area contributed by atoms with Crippen LogP contribution in [0.2, 0.25) is 0 Å². The Balaban J connectivity index is 1.05. The van der Waals surface area contributed by atoms with Gasteiger partial charge in [0, 0.05) is 51.1 Å². The molecule has 31 heavy (non-hydrogen) atoms. The van der Waals surface area contributed by atoms with Crippen molar-refractivity contribution in [3.8, 4) is 0 Å². The van der Waals surface area contributed by atoms with Crippen molar-refractivity contribution in [2.45, 2.75) is 58.4 Å². The van der Waals surface area contributed by atoms with Crippen molar-refractivity contribution in [3.63, 3.8) is 0 Å². The minimum atomic E-state index is -0.112. The van der Waals surface area contributed by atoms with Gasteiger partial charge in [-0.05, 0) is 68.8 Å². The highest BCUT2D eigenvalue weighted by molar-refractivity contribution is 5.84. The predicted octanol–water partition coefficient (Wildman–Crippen LogP) is 3.36. The van der Waals surface area contributed by atoms with E-state index in [1.165, 1.54) is 30.4 Å². The van der Waals surface area contributed by atoms with Crippen molar-refractivity contribution in [2.24, 2.45) is 23.2 Å². The molecule has 6 rings (SSSR count). The highest BCUT2D eigenvalue weighted by Crippen LogP contribution is 2.60. The van der Waals surface area contributed by atoms with E-state index in [1.807, 2.05) is 4.90 Å². The number of hydrogen-bond acceptors (Lipinski definition) is 3. The molecule has 4 bridgehead atoms. The van der Waals surface area contributed by atoms with Crippen molar-refractivity contribution in [1.82, 2.24) is 15.1 Å². The van der Waals surface area contributed by atoms with Crippen LogP contribution in [-0.4, -0.2) is 54.3 Å². The topological polar surface area (TPSA) is 52.6 Å². The molecule has 2 amide bonds. The largest absolute Gasteiger partial charge is 0.355 e. The third-order valence-electron chi connectivity index (χ3n) is 8.36. The van der Waals surface area contributed by atoms with Crippen LogP contribution in [0.25, 0.3) is 0 Å². The number of benzene rings is 1. The Bertz CT molecular complexity index is 792. The molecule has 0 atom stereocenters. The lowest BCUT2D eigenvalue weighted by molar-refractivity contribution is -0.146. The van der Waals surface area contributed by atoms with Gasteiger partial charge in [0.15, 0.2) is 0 Å². The van der Waals surface area contributed by atoms with Crippen LogP contribution < -0.4 is 5.32 Å². The van der Waals surface area contributed by atoms with E-state index in [0.29, 0.717) is 13.0 Å². The summed E-state index contributed by atoms with van der Waals surface area (Å²) in [7, 11) is 0. The number of nitrogens with one attached hydrogen (secondary N) is 1. The Morgan fingerprint density at radius 3 is 2.26 bits per heavy atom. The van der Waals surface area contributed by atoms with Gasteiger partial charge >= 0.3 is 0 Å². The summed E-state index contributed by atoms with van der Waals surface area (Å²) in [5.41, 5.74) is 2.52. The van der Waals surface area contributed by atoms with Crippen molar-refractivity contribution >= 4 is 11.8 Å². The van der Waals surface area contributed by atoms with E-state index in [-0.39, 0.29) is 17.2 Å². The Hall–Kier alpha value is -1.88. The maximum Gasteiger partial charge on any atom is 0.226 e. The van der Waals surface area contributed by atoms with E-state index in [2.05, 4.69) is 41.4 Å². The minimum absolute atomic E-state index is 0.112. The lowest BCUT2D eigenvalue weighted by atomic mass is 9.49. The van der Waals surface area contributed by atoms with E-state index in [9.17, 15) is 9.59 Å². The Morgan fingerprint density at radius 1 is 1.00 bits per heavy atom. The van der Waals surface area contributed by atoms with Crippen LogP contribution in [0.3, 0.4) is 0 Å². The Kier molecular flexibility index (Phi) is 5.80. The normalized spacial score (nSPS) is 32.3. The summed E-state index contributed by atoms with van der Waals surface area (Å²) in [6, 6.07) is 8.66. The van der Waals surface area contributed by atoms with Crippen molar-refractivity contribution in [3.05, 3.63) is 35.4 Å². The summed E-state index contributed by atoms with van der Waals surface area (Å²) in [4.78, 5) is 30.1. The van der Waals surface area contributed by atoms with Crippen molar-refractivity contribution in [1.29, 1.82) is 0 Å². The second-order valence-corrected chi connectivity index (χ2v) is 10.8. The van der Waals surface area contributed by atoms with Gasteiger partial charge in [-0.1, -0.05) is 29.8 Å². The smallest absolute Gasteiger partial charge is 0.226 e. The molecule has 1 N–H and O–H groups in total. The lowest BCUT2D eigenvalue weighted by Crippen LogP contribution is -2.54. The zero-order chi connectivity index (χ0) is 21.4. The molecule has 1 aliphatic heterocycles. The second-order valence-electron chi connectivity index (χ2n) is 10.8. The van der Waals surface area contributed by atoms with E-state index in [0.717, 1.165) is 69.7 Å². The Morgan fingerprint density at radius 2 is 1.65 bits per heavy atom. The summed E-state index contributed by atoms with van der Waals surface area (Å²) in [6.45, 7) is 6.97. The average molecular weight is 424 g/mol. The molecule has 1 heterocycles. The number of hydrogen-bond donors (Lipinski definition) is 1. The maximum absolute atomic E-state index is 13.1. The molecular formula is C26H37N3O2. The summed E-state index contributed by atoms with van der Waals surface area (Å²) >= 11 is 0. The maximum atomic E-state index is 13.1. The first kappa shape index (κ1) is 21.0. The van der Waals surface area contributed by atoms with Crippen LogP contribution >= 0.6 is 0 Å². The molecule has 0 unspecified atom stereocenters. The first-order chi connectivity index (χ1) is 15.0. The van der Waals surface area contributed by atoms with E-state index >= 15 is 0 Å². The second kappa shape index (κ2) is 8.57. The van der Waals surface area contributed by atoms with Gasteiger partial charge in [0.25, 0.3) is 0 Å². The van der Waals surface area contributed by atoms with Gasteiger partial charge in [-0.25, -0.2) is 0 Å². The number of nitrogens with zero attached hydrogens (tertiary/aromatic N) is 2. The minimum Gasteiger partial charge on any atom is -0.355 e. The van der Waals surface area contributed by atoms with Gasteiger partial charge in [0.2, 0.25) is 11.8 Å².